The topological polar surface area (TPSA) is 204 Å². The van der Waals surface area contributed by atoms with Crippen LogP contribution in [0.1, 0.15) is 40.9 Å². The molecule has 0 saturated carbocycles. The number of carbonyl (C=O) groups is 1. The summed E-state index contributed by atoms with van der Waals surface area (Å²) in [5.74, 6) is -0.115. The van der Waals surface area contributed by atoms with Crippen molar-refractivity contribution in [3.8, 4) is 0 Å². The van der Waals surface area contributed by atoms with Crippen LogP contribution in [0, 0.1) is 20.2 Å². The highest BCUT2D eigenvalue weighted by atomic mass is 16.6. The zero-order chi connectivity index (χ0) is 37.0. The molecule has 0 amide bonds. The molecule has 2 heterocycles. The molecule has 0 bridgehead atoms. The summed E-state index contributed by atoms with van der Waals surface area (Å²) in [6.07, 6.45) is 0. The van der Waals surface area contributed by atoms with Gasteiger partial charge in [0.25, 0.3) is 11.4 Å². The van der Waals surface area contributed by atoms with E-state index in [4.69, 9.17) is 20.9 Å². The van der Waals surface area contributed by atoms with Crippen LogP contribution in [0.4, 0.5) is 34.1 Å². The first-order valence-electron chi connectivity index (χ1n) is 16.9. The van der Waals surface area contributed by atoms with Crippen molar-refractivity contribution in [3.63, 3.8) is 0 Å². The molecule has 2 aliphatic heterocycles. The van der Waals surface area contributed by atoms with Gasteiger partial charge >= 0.3 is 0 Å². The van der Waals surface area contributed by atoms with Gasteiger partial charge in [-0.1, -0.05) is 36.4 Å². The first-order valence-corrected chi connectivity index (χ1v) is 16.9. The van der Waals surface area contributed by atoms with E-state index in [9.17, 15) is 25.0 Å². The summed E-state index contributed by atoms with van der Waals surface area (Å²) in [7, 11) is 0. The van der Waals surface area contributed by atoms with Crippen molar-refractivity contribution in [2.45, 2.75) is 38.4 Å². The van der Waals surface area contributed by atoms with Gasteiger partial charge in [0.15, 0.2) is 5.78 Å². The van der Waals surface area contributed by atoms with E-state index in [1.165, 1.54) is 12.1 Å². The molecule has 2 atom stereocenters. The molecule has 0 spiro atoms. The molecule has 4 aromatic rings. The summed E-state index contributed by atoms with van der Waals surface area (Å²) >= 11 is 0. The molecule has 6 rings (SSSR count). The van der Waals surface area contributed by atoms with E-state index < -0.39 is 21.3 Å². The molecule has 272 valence electrons. The second kappa shape index (κ2) is 14.9. The highest BCUT2D eigenvalue weighted by Crippen LogP contribution is 2.33. The van der Waals surface area contributed by atoms with Crippen LogP contribution in [0.25, 0.3) is 0 Å². The average molecular weight is 711 g/mol. The summed E-state index contributed by atoms with van der Waals surface area (Å²) in [6.45, 7) is 7.47. The highest BCUT2D eigenvalue weighted by molar-refractivity contribution is 6.15. The molecular weight excluding hydrogens is 668 g/mol. The number of para-hydroxylation sites is 2. The molecule has 2 unspecified atom stereocenters. The van der Waals surface area contributed by atoms with Crippen LogP contribution < -0.4 is 31.9 Å². The predicted octanol–water partition coefficient (Wildman–Crippen LogP) is 4.58. The number of ether oxygens (including phenoxy) is 2. The quantitative estimate of drug-likeness (QED) is 0.0689. The van der Waals surface area contributed by atoms with Crippen molar-refractivity contribution in [3.05, 3.63) is 127 Å². The Bertz CT molecular complexity index is 1850. The molecule has 15 nitrogen and oxygen atoms in total. The van der Waals surface area contributed by atoms with Crippen molar-refractivity contribution < 1.29 is 24.1 Å². The van der Waals surface area contributed by atoms with E-state index in [1.807, 2.05) is 62.4 Å². The third kappa shape index (κ3) is 7.97. The smallest absolute Gasteiger partial charge is 0.292 e. The fourth-order valence-corrected chi connectivity index (χ4v) is 6.73. The van der Waals surface area contributed by atoms with Crippen LogP contribution >= 0.6 is 0 Å². The molecule has 15 heteroatoms. The van der Waals surface area contributed by atoms with Crippen molar-refractivity contribution >= 4 is 39.9 Å². The largest absolute Gasteiger partial charge is 0.393 e. The number of anilines is 4. The standard InChI is InChI=1S/C37H42N8O7/c1-36(40-21-25-11-13-33(44(47)48)29(38)19-25)23-42(15-17-51-36)31-9-5-3-7-27(31)35(46)28-8-4-6-10-32(28)43-16-18-52-37(2,24-43)41-22-26-12-14-34(45(49)50)30(39)20-26/h3-14,19-20,40-41H,15-18,21-24,38-39H2,1-2H3. The Morgan fingerprint density at radius 3 is 1.50 bits per heavy atom. The molecule has 0 aromatic heterocycles. The lowest BCUT2D eigenvalue weighted by Crippen LogP contribution is -2.58. The zero-order valence-electron chi connectivity index (χ0n) is 29.0. The van der Waals surface area contributed by atoms with Crippen LogP contribution in [0.2, 0.25) is 0 Å². The third-order valence-corrected chi connectivity index (χ3v) is 9.44. The van der Waals surface area contributed by atoms with Gasteiger partial charge in [-0.15, -0.1) is 0 Å². The summed E-state index contributed by atoms with van der Waals surface area (Å²) < 4.78 is 12.3. The second-order valence-electron chi connectivity index (χ2n) is 13.4. The molecular formula is C37H42N8O7. The SMILES string of the molecule is CC1(NCc2ccc([N+](=O)[O-])c(N)c2)CN(c2ccccc2C(=O)c2ccccc2N2CCOC(C)(NCc3ccc([N+](=O)[O-])c(N)c3)C2)CCO1. The van der Waals surface area contributed by atoms with Gasteiger partial charge in [-0.3, -0.25) is 35.7 Å². The zero-order valence-corrected chi connectivity index (χ0v) is 29.0. The van der Waals surface area contributed by atoms with Gasteiger partial charge in [0.2, 0.25) is 0 Å². The van der Waals surface area contributed by atoms with Crippen LogP contribution in [0.5, 0.6) is 0 Å². The number of nitrogen functional groups attached to an aromatic ring is 2. The lowest BCUT2D eigenvalue weighted by Gasteiger charge is -2.43. The van der Waals surface area contributed by atoms with Crippen molar-refractivity contribution in [1.82, 2.24) is 10.6 Å². The first kappa shape index (κ1) is 36.2. The van der Waals surface area contributed by atoms with E-state index in [0.717, 1.165) is 22.5 Å². The number of hydrogen-bond donors (Lipinski definition) is 4. The van der Waals surface area contributed by atoms with Crippen LogP contribution in [-0.2, 0) is 22.6 Å². The number of nitro groups is 2. The fourth-order valence-electron chi connectivity index (χ4n) is 6.73. The number of benzene rings is 4. The number of nitrogens with zero attached hydrogens (tertiary/aromatic N) is 4. The Hall–Kier alpha value is -5.61. The van der Waals surface area contributed by atoms with Crippen LogP contribution in [-0.4, -0.2) is 66.5 Å². The van der Waals surface area contributed by atoms with Crippen LogP contribution in [0.3, 0.4) is 0 Å². The lowest BCUT2D eigenvalue weighted by molar-refractivity contribution is -0.384. The fraction of sp³-hybridized carbons (Fsp3) is 0.324. The highest BCUT2D eigenvalue weighted by Gasteiger charge is 2.35. The number of morpholine rings is 2. The van der Waals surface area contributed by atoms with E-state index in [-0.39, 0.29) is 28.5 Å². The first-order chi connectivity index (χ1) is 24.8. The van der Waals surface area contributed by atoms with Gasteiger partial charge in [0, 0.05) is 60.8 Å². The average Bonchev–Trinajstić information content (AvgIpc) is 3.13. The van der Waals surface area contributed by atoms with Crippen molar-refractivity contribution in [2.75, 3.05) is 60.7 Å². The minimum atomic E-state index is -0.783. The number of nitro benzene ring substituents is 2. The maximum absolute atomic E-state index is 14.5. The Kier molecular flexibility index (Phi) is 10.4. The van der Waals surface area contributed by atoms with Crippen molar-refractivity contribution in [1.29, 1.82) is 0 Å². The normalized spacial score (nSPS) is 20.4. The number of rotatable bonds is 12. The van der Waals surface area contributed by atoms with Crippen molar-refractivity contribution in [2.24, 2.45) is 0 Å². The Morgan fingerprint density at radius 1 is 0.712 bits per heavy atom. The van der Waals surface area contributed by atoms with E-state index in [1.54, 1.807) is 24.3 Å². The number of carbonyl (C=O) groups excluding carboxylic acids is 1. The van der Waals surface area contributed by atoms with Gasteiger partial charge in [0.05, 0.1) is 36.1 Å². The maximum atomic E-state index is 14.5. The molecule has 6 N–H and O–H groups in total. The Labute approximate surface area is 300 Å². The monoisotopic (exact) mass is 710 g/mol. The van der Waals surface area contributed by atoms with E-state index in [0.29, 0.717) is 63.6 Å². The molecule has 52 heavy (non-hydrogen) atoms. The van der Waals surface area contributed by atoms with E-state index >= 15 is 0 Å². The molecule has 4 aromatic carbocycles. The minimum Gasteiger partial charge on any atom is -0.393 e. The second-order valence-corrected chi connectivity index (χ2v) is 13.4. The number of ketones is 1. The summed E-state index contributed by atoms with van der Waals surface area (Å²) in [5.41, 5.74) is 14.4. The van der Waals surface area contributed by atoms with Gasteiger partial charge in [-0.25, -0.2) is 0 Å². The van der Waals surface area contributed by atoms with Crippen LogP contribution in [0.15, 0.2) is 84.9 Å². The van der Waals surface area contributed by atoms with Gasteiger partial charge in [0.1, 0.15) is 22.8 Å². The van der Waals surface area contributed by atoms with E-state index in [2.05, 4.69) is 20.4 Å². The molecule has 0 radical (unpaired) electrons. The summed E-state index contributed by atoms with van der Waals surface area (Å²) in [4.78, 5) is 40.1. The lowest BCUT2D eigenvalue weighted by atomic mass is 9.97. The molecule has 2 fully saturated rings. The minimum absolute atomic E-state index is 0.0965. The molecule has 2 saturated heterocycles. The Balaban J connectivity index is 1.17. The van der Waals surface area contributed by atoms with Gasteiger partial charge in [-0.2, -0.15) is 0 Å². The molecule has 2 aliphatic rings. The maximum Gasteiger partial charge on any atom is 0.292 e. The number of hydrogen-bond acceptors (Lipinski definition) is 13. The number of nitrogens with one attached hydrogen (secondary N) is 2. The predicted molar refractivity (Wildman–Crippen MR) is 198 cm³/mol. The summed E-state index contributed by atoms with van der Waals surface area (Å²) in [6, 6.07) is 24.4. The number of nitrogens with two attached hydrogens (primary N) is 2. The van der Waals surface area contributed by atoms with Gasteiger partial charge in [-0.05, 0) is 61.4 Å². The third-order valence-electron chi connectivity index (χ3n) is 9.44. The summed E-state index contributed by atoms with van der Waals surface area (Å²) in [5, 5.41) is 29.2. The molecule has 0 aliphatic carbocycles. The van der Waals surface area contributed by atoms with Gasteiger partial charge < -0.3 is 30.7 Å². The Morgan fingerprint density at radius 2 is 1.12 bits per heavy atom.